The highest BCUT2D eigenvalue weighted by atomic mass is 16.3. The minimum atomic E-state index is 0.00231. The molecular weight excluding hydrogens is 88.1 g/mol. The molecule has 1 aromatic carbocycles. The van der Waals surface area contributed by atoms with Gasteiger partial charge in [0.2, 0.25) is 0 Å². The summed E-state index contributed by atoms with van der Waals surface area (Å²) >= 11 is 0. The van der Waals surface area contributed by atoms with Crippen LogP contribution >= 0.6 is 0 Å². The van der Waals surface area contributed by atoms with Gasteiger partial charge in [-0.25, -0.2) is 0 Å². The molecule has 1 aromatic rings. The molecule has 7 heavy (non-hydrogen) atoms. The molecule has 0 fully saturated rings. The van der Waals surface area contributed by atoms with Crippen LogP contribution in [-0.2, 0) is 0 Å². The molecule has 0 amide bonds. The fourth-order valence-electron chi connectivity index (χ4n) is 0.337. The zero-order valence-electron chi connectivity index (χ0n) is 6.64. The molecule has 0 saturated carbocycles. The predicted octanol–water partition coefficient (Wildman–Crippen LogP) is 1.39. The predicted molar refractivity (Wildman–Crippen MR) is 28.1 cm³/mol. The fraction of sp³-hybridized carbons (Fsp3) is 0. The maximum atomic E-state index is 7.15. The van der Waals surface area contributed by atoms with Gasteiger partial charge in [0.25, 0.3) is 1.43 Å². The first-order chi connectivity index (χ1) is 4.75. The number of phenols is 1. The molecule has 0 spiro atoms. The van der Waals surface area contributed by atoms with Crippen molar-refractivity contribution < 1.29 is 7.85 Å². The largest absolute Gasteiger partial charge is 0.508 e. The summed E-state index contributed by atoms with van der Waals surface area (Å²) in [5.41, 5.74) is 0. The Kier molecular flexibility index (Phi) is 0.439. The summed E-state index contributed by atoms with van der Waals surface area (Å²) in [4.78, 5) is 0. The van der Waals surface area contributed by atoms with Gasteiger partial charge in [0.1, 0.15) is 5.75 Å². The summed E-state index contributed by atoms with van der Waals surface area (Å²) in [6.07, 6.45) is 0. The van der Waals surface area contributed by atoms with E-state index in [1.54, 1.807) is 6.07 Å². The maximum Gasteiger partial charge on any atom is 0.293 e. The summed E-state index contributed by atoms with van der Waals surface area (Å²) < 4.78 is 20.8. The van der Waals surface area contributed by atoms with Gasteiger partial charge in [0.15, 0.2) is 0 Å². The van der Waals surface area contributed by atoms with E-state index in [1.807, 2.05) is 0 Å². The molecule has 0 atom stereocenters. The van der Waals surface area contributed by atoms with Crippen molar-refractivity contribution in [2.45, 2.75) is 0 Å². The van der Waals surface area contributed by atoms with E-state index in [1.165, 1.54) is 12.1 Å². The van der Waals surface area contributed by atoms with Crippen molar-refractivity contribution in [1.29, 1.82) is 1.43 Å². The van der Waals surface area contributed by atoms with Crippen LogP contribution in [0, 0.1) is 0 Å². The lowest BCUT2D eigenvalue weighted by Gasteiger charge is -1.82. The van der Waals surface area contributed by atoms with Gasteiger partial charge in [-0.1, -0.05) is 18.2 Å². The lowest BCUT2D eigenvalue weighted by molar-refractivity contribution is 0.475. The first-order valence-electron chi connectivity index (χ1n) is 3.36. The third kappa shape index (κ3) is 0.929. The molecule has 1 nitrogen and oxygen atoms in total. The lowest BCUT2D eigenvalue weighted by atomic mass is 10.3. The molecule has 0 saturated heterocycles. The van der Waals surface area contributed by atoms with Gasteiger partial charge in [0.05, 0.1) is 2.74 Å². The molecule has 0 aliphatic heterocycles. The molecule has 0 radical (unpaired) electrons. The number of para-hydroxylation sites is 1. The number of benzene rings is 1. The zero-order valence-corrected chi connectivity index (χ0v) is 3.64. The third-order valence-electron chi connectivity index (χ3n) is 0.621. The van der Waals surface area contributed by atoms with Crippen molar-refractivity contribution >= 4 is 0 Å². The van der Waals surface area contributed by atoms with Crippen LogP contribution in [0.3, 0.4) is 0 Å². The second kappa shape index (κ2) is 1.65. The topological polar surface area (TPSA) is 20.2 Å². The highest BCUT2D eigenvalue weighted by Crippen LogP contribution is 2.02. The van der Waals surface area contributed by atoms with Crippen LogP contribution in [0.25, 0.3) is 0 Å². The Labute approximate surface area is 46.5 Å². The number of rotatable bonds is 1. The highest BCUT2D eigenvalue weighted by Gasteiger charge is 1.74. The van der Waals surface area contributed by atoms with Crippen molar-refractivity contribution in [3.8, 4) is 5.75 Å². The number of hydrogen-bond donors (Lipinski definition) is 1. The van der Waals surface area contributed by atoms with E-state index in [4.69, 9.17) is 4.17 Å². The van der Waals surface area contributed by atoms with Crippen LogP contribution in [0.4, 0.5) is 0 Å². The Balaban J connectivity index is 3.17. The smallest absolute Gasteiger partial charge is 0.293 e. The minimum Gasteiger partial charge on any atom is -0.508 e. The van der Waals surface area contributed by atoms with Crippen LogP contribution in [0.2, 0.25) is 0 Å². The Hall–Kier alpha value is -0.980. The molecule has 0 unspecified atom stereocenters. The van der Waals surface area contributed by atoms with Crippen LogP contribution in [0.15, 0.2) is 30.3 Å². The van der Waals surface area contributed by atoms with Crippen molar-refractivity contribution in [2.24, 2.45) is 0 Å². The number of aromatic hydroxyl groups is 1. The Morgan fingerprint density at radius 1 is 1.43 bits per heavy atom. The standard InChI is InChI=1S/C6H6O/c7-6-4-2-1-3-5-6/h1-5,7H/i4D,5D/hD. The highest BCUT2D eigenvalue weighted by molar-refractivity contribution is 5.18. The van der Waals surface area contributed by atoms with E-state index >= 15 is 0 Å². The van der Waals surface area contributed by atoms with Gasteiger partial charge in [-0.15, -0.1) is 0 Å². The van der Waals surface area contributed by atoms with Crippen LogP contribution in [0.1, 0.15) is 2.74 Å². The van der Waals surface area contributed by atoms with E-state index in [-0.39, 0.29) is 17.8 Å². The molecule has 0 bridgehead atoms. The van der Waals surface area contributed by atoms with E-state index in [0.29, 0.717) is 0 Å². The summed E-state index contributed by atoms with van der Waals surface area (Å²) in [6, 6.07) is 4.67. The lowest BCUT2D eigenvalue weighted by Crippen LogP contribution is -1.56. The monoisotopic (exact) mass is 97.1 g/mol. The Morgan fingerprint density at radius 2 is 2.14 bits per heavy atom. The first kappa shape index (κ1) is 1.86. The van der Waals surface area contributed by atoms with Gasteiger partial charge in [-0.2, -0.15) is 0 Å². The molecule has 0 aliphatic rings. The summed E-state index contributed by atoms with van der Waals surface area (Å²) in [6.45, 7) is 0. The van der Waals surface area contributed by atoms with Crippen molar-refractivity contribution in [1.82, 2.24) is 0 Å². The maximum absolute atomic E-state index is 7.15. The quantitative estimate of drug-likeness (QED) is 0.561. The average Bonchev–Trinajstić information content (AvgIpc) is 1.88. The van der Waals surface area contributed by atoms with Gasteiger partial charge in [-0.05, 0) is 12.1 Å². The Bertz CT molecular complexity index is 216. The van der Waals surface area contributed by atoms with Crippen LogP contribution in [0.5, 0.6) is 5.75 Å². The summed E-state index contributed by atoms with van der Waals surface area (Å²) in [5, 5.41) is 4.05. The summed E-state index contributed by atoms with van der Waals surface area (Å²) in [5.74, 6) is 0.00231. The van der Waals surface area contributed by atoms with E-state index in [9.17, 15) is 0 Å². The normalized spacial score (nSPS) is 14.0. The van der Waals surface area contributed by atoms with Gasteiger partial charge in [0, 0.05) is 0 Å². The molecule has 36 valence electrons. The van der Waals surface area contributed by atoms with Crippen LogP contribution in [-0.4, -0.2) is 6.54 Å². The first-order valence-corrected chi connectivity index (χ1v) is 1.95. The van der Waals surface area contributed by atoms with Gasteiger partial charge >= 0.3 is 0 Å². The van der Waals surface area contributed by atoms with Crippen molar-refractivity contribution in [3.05, 3.63) is 30.3 Å². The fourth-order valence-corrected chi connectivity index (χ4v) is 0.337. The van der Waals surface area contributed by atoms with E-state index in [2.05, 4.69) is 5.11 Å². The molecule has 0 heterocycles. The molecule has 1 N–H and O–H groups in total. The number of hydrogen-bond acceptors (Lipinski definition) is 1. The van der Waals surface area contributed by atoms with Crippen molar-refractivity contribution in [2.75, 3.05) is 0 Å². The average molecular weight is 97.1 g/mol. The molecule has 1 heteroatoms. The second-order valence-electron chi connectivity index (χ2n) is 1.14. The summed E-state index contributed by atoms with van der Waals surface area (Å²) in [7, 11) is 0. The van der Waals surface area contributed by atoms with E-state index in [0.717, 1.165) is 0 Å². The molecule has 0 aliphatic carbocycles. The SMILES string of the molecule is [2H]Oc1c([2H])cccc1[2H]. The van der Waals surface area contributed by atoms with Gasteiger partial charge in [-0.3, -0.25) is 0 Å². The Morgan fingerprint density at radius 3 is 2.57 bits per heavy atom. The minimum absolute atomic E-state index is 0.00231. The molecule has 1 rings (SSSR count). The van der Waals surface area contributed by atoms with Crippen molar-refractivity contribution in [3.63, 3.8) is 0 Å². The van der Waals surface area contributed by atoms with Crippen LogP contribution < -0.4 is 0 Å². The molecule has 0 aromatic heterocycles. The molecular formula is C6H6O. The second-order valence-corrected chi connectivity index (χ2v) is 1.14. The zero-order chi connectivity index (χ0) is 7.56. The number of phenolic OH excluding ortho intramolecular Hbond substituents is 1. The third-order valence-corrected chi connectivity index (χ3v) is 0.621. The van der Waals surface area contributed by atoms with E-state index < -0.39 is 0 Å². The van der Waals surface area contributed by atoms with Gasteiger partial charge < -0.3 is 5.11 Å².